The first-order valence-corrected chi connectivity index (χ1v) is 11.5. The predicted molar refractivity (Wildman–Crippen MR) is 135 cm³/mol. The van der Waals surface area contributed by atoms with E-state index in [-0.39, 0.29) is 11.6 Å². The number of carbonyl (C=O) groups is 1. The molecule has 2 atom stereocenters. The van der Waals surface area contributed by atoms with Crippen molar-refractivity contribution >= 4 is 27.5 Å². The Morgan fingerprint density at radius 2 is 1.68 bits per heavy atom. The maximum Gasteiger partial charge on any atom is 0.329 e. The van der Waals surface area contributed by atoms with Gasteiger partial charge in [-0.1, -0.05) is 53.2 Å². The van der Waals surface area contributed by atoms with Gasteiger partial charge in [0.25, 0.3) is 0 Å². The van der Waals surface area contributed by atoms with Crippen molar-refractivity contribution in [2.45, 2.75) is 18.9 Å². The second-order valence-corrected chi connectivity index (χ2v) is 8.78. The molecular weight excluding hydrogens is 498 g/mol. The van der Waals surface area contributed by atoms with Crippen molar-refractivity contribution in [1.82, 2.24) is 9.55 Å². The third-order valence-corrected chi connectivity index (χ3v) is 6.27. The van der Waals surface area contributed by atoms with Gasteiger partial charge in [0.15, 0.2) is 0 Å². The number of anilines is 1. The molecular formula is C26H24BrN3O4. The van der Waals surface area contributed by atoms with Crippen LogP contribution in [0.1, 0.15) is 24.4 Å². The number of carbonyl (C=O) groups excluding carboxylic acids is 1. The molecule has 0 spiro atoms. The van der Waals surface area contributed by atoms with Crippen molar-refractivity contribution in [2.24, 2.45) is 0 Å². The van der Waals surface area contributed by atoms with E-state index in [0.29, 0.717) is 17.0 Å². The zero-order chi connectivity index (χ0) is 24.2. The van der Waals surface area contributed by atoms with Crippen LogP contribution in [0.2, 0.25) is 0 Å². The summed E-state index contributed by atoms with van der Waals surface area (Å²) in [6, 6.07) is 22.5. The van der Waals surface area contributed by atoms with E-state index in [1.807, 2.05) is 49.4 Å². The summed E-state index contributed by atoms with van der Waals surface area (Å²) in [5.41, 5.74) is 1.68. The molecule has 174 valence electrons. The molecule has 0 aliphatic carbocycles. The summed E-state index contributed by atoms with van der Waals surface area (Å²) in [6.07, 6.45) is 0. The van der Waals surface area contributed by atoms with Crippen LogP contribution < -0.4 is 15.7 Å². The van der Waals surface area contributed by atoms with Gasteiger partial charge in [-0.2, -0.15) is 0 Å². The number of aromatic nitrogens is 2. The van der Waals surface area contributed by atoms with Crippen LogP contribution in [0.3, 0.4) is 0 Å². The molecule has 4 rings (SSSR count). The van der Waals surface area contributed by atoms with Gasteiger partial charge in [-0.15, -0.1) is 0 Å². The van der Waals surface area contributed by atoms with Crippen LogP contribution >= 0.6 is 15.9 Å². The van der Waals surface area contributed by atoms with Crippen LogP contribution in [0, 0.1) is 0 Å². The minimum Gasteiger partial charge on any atom is -0.497 e. The van der Waals surface area contributed by atoms with Gasteiger partial charge in [0.1, 0.15) is 17.5 Å². The number of aromatic amines is 1. The number of H-pyrrole nitrogens is 1. The molecule has 34 heavy (non-hydrogen) atoms. The zero-order valence-electron chi connectivity index (χ0n) is 18.7. The molecule has 0 aliphatic heterocycles. The largest absolute Gasteiger partial charge is 0.497 e. The highest BCUT2D eigenvalue weighted by molar-refractivity contribution is 9.10. The Hall–Kier alpha value is -3.78. The fourth-order valence-electron chi connectivity index (χ4n) is 3.91. The lowest BCUT2D eigenvalue weighted by Crippen LogP contribution is -2.35. The van der Waals surface area contributed by atoms with Crippen molar-refractivity contribution in [3.05, 3.63) is 99.4 Å². The summed E-state index contributed by atoms with van der Waals surface area (Å²) in [4.78, 5) is 29.3. The van der Waals surface area contributed by atoms with E-state index in [4.69, 9.17) is 4.74 Å². The highest BCUT2D eigenvalue weighted by Gasteiger charge is 2.33. The monoisotopic (exact) mass is 521 g/mol. The van der Waals surface area contributed by atoms with Crippen LogP contribution in [0.4, 0.5) is 5.69 Å². The Morgan fingerprint density at radius 3 is 2.29 bits per heavy atom. The van der Waals surface area contributed by atoms with Crippen LogP contribution in [0.15, 0.2) is 88.1 Å². The van der Waals surface area contributed by atoms with Crippen LogP contribution in [-0.2, 0) is 4.79 Å². The van der Waals surface area contributed by atoms with Crippen molar-refractivity contribution in [3.8, 4) is 22.9 Å². The van der Waals surface area contributed by atoms with E-state index >= 15 is 0 Å². The quantitative estimate of drug-likeness (QED) is 0.307. The number of imidazole rings is 1. The van der Waals surface area contributed by atoms with E-state index in [2.05, 4.69) is 26.2 Å². The Balaban J connectivity index is 1.78. The first-order chi connectivity index (χ1) is 16.4. The lowest BCUT2D eigenvalue weighted by atomic mass is 9.92. The Kier molecular flexibility index (Phi) is 6.88. The molecule has 0 aliphatic rings. The number of amides is 1. The van der Waals surface area contributed by atoms with Crippen molar-refractivity contribution < 1.29 is 14.6 Å². The molecule has 1 amide bonds. The third-order valence-electron chi connectivity index (χ3n) is 5.74. The molecule has 0 saturated carbocycles. The first-order valence-electron chi connectivity index (χ1n) is 10.7. The number of hydrogen-bond donors (Lipinski definition) is 3. The molecule has 0 fully saturated rings. The Morgan fingerprint density at radius 1 is 1.03 bits per heavy atom. The minimum atomic E-state index is -1.01. The summed E-state index contributed by atoms with van der Waals surface area (Å²) in [5, 5.41) is 14.0. The maximum absolute atomic E-state index is 13.5. The molecule has 1 aromatic heterocycles. The summed E-state index contributed by atoms with van der Waals surface area (Å²) >= 11 is 3.38. The standard InChI is InChI=1S/C26H24BrN3O4/c1-16(17-6-4-3-5-7-17)23(24(31)28-20-12-10-19(27)11-13-20)30-25(32)22(29-26(30)33)18-8-14-21(34-2)15-9-18/h3-16,23,32H,1-2H3,(H,28,31)(H,29,33)/t16-,23-/m0/s1. The lowest BCUT2D eigenvalue weighted by Gasteiger charge is -2.25. The lowest BCUT2D eigenvalue weighted by molar-refractivity contribution is -0.120. The van der Waals surface area contributed by atoms with E-state index in [0.717, 1.165) is 14.6 Å². The fraction of sp³-hybridized carbons (Fsp3) is 0.154. The number of nitrogens with one attached hydrogen (secondary N) is 2. The van der Waals surface area contributed by atoms with Crippen molar-refractivity contribution in [2.75, 3.05) is 12.4 Å². The third kappa shape index (κ3) is 4.77. The highest BCUT2D eigenvalue weighted by atomic mass is 79.9. The maximum atomic E-state index is 13.5. The SMILES string of the molecule is COc1ccc(-c2[nH]c(=O)n([C@H](C(=O)Nc3ccc(Br)cc3)[C@@H](C)c3ccccc3)c2O)cc1. The van der Waals surface area contributed by atoms with E-state index in [1.54, 1.807) is 43.5 Å². The number of hydrogen-bond acceptors (Lipinski definition) is 4. The summed E-state index contributed by atoms with van der Waals surface area (Å²) in [6.45, 7) is 1.85. The van der Waals surface area contributed by atoms with Gasteiger partial charge < -0.3 is 20.1 Å². The van der Waals surface area contributed by atoms with Gasteiger partial charge in [-0.05, 0) is 54.1 Å². The van der Waals surface area contributed by atoms with Gasteiger partial charge in [0.2, 0.25) is 11.8 Å². The molecule has 4 aromatic rings. The number of nitrogens with zero attached hydrogens (tertiary/aromatic N) is 1. The average Bonchev–Trinajstić information content (AvgIpc) is 3.15. The molecule has 7 nitrogen and oxygen atoms in total. The van der Waals surface area contributed by atoms with Crippen molar-refractivity contribution in [1.29, 1.82) is 0 Å². The zero-order valence-corrected chi connectivity index (χ0v) is 20.2. The molecule has 8 heteroatoms. The normalized spacial score (nSPS) is 12.7. The van der Waals surface area contributed by atoms with E-state index in [9.17, 15) is 14.7 Å². The fourth-order valence-corrected chi connectivity index (χ4v) is 4.18. The summed E-state index contributed by atoms with van der Waals surface area (Å²) in [5.74, 6) is -0.500. The van der Waals surface area contributed by atoms with Gasteiger partial charge in [0.05, 0.1) is 7.11 Å². The molecule has 0 radical (unpaired) electrons. The van der Waals surface area contributed by atoms with Gasteiger partial charge in [-0.25, -0.2) is 9.36 Å². The minimum absolute atomic E-state index is 0.231. The van der Waals surface area contributed by atoms with Gasteiger partial charge in [0, 0.05) is 21.6 Å². The number of halogens is 1. The van der Waals surface area contributed by atoms with E-state index in [1.165, 1.54) is 0 Å². The summed E-state index contributed by atoms with van der Waals surface area (Å²) < 4.78 is 7.18. The Bertz CT molecular complexity index is 1330. The molecule has 0 saturated heterocycles. The molecule has 0 bridgehead atoms. The molecule has 3 N–H and O–H groups in total. The predicted octanol–water partition coefficient (Wildman–Crippen LogP) is 5.30. The van der Waals surface area contributed by atoms with Gasteiger partial charge in [-0.3, -0.25) is 4.79 Å². The second-order valence-electron chi connectivity index (χ2n) is 7.87. The van der Waals surface area contributed by atoms with Crippen LogP contribution in [0.25, 0.3) is 11.3 Å². The molecule has 0 unspecified atom stereocenters. The highest BCUT2D eigenvalue weighted by Crippen LogP contribution is 2.35. The molecule has 3 aromatic carbocycles. The number of methoxy groups -OCH3 is 1. The molecule has 1 heterocycles. The average molecular weight is 522 g/mol. The van der Waals surface area contributed by atoms with Crippen molar-refractivity contribution in [3.63, 3.8) is 0 Å². The van der Waals surface area contributed by atoms with Gasteiger partial charge >= 0.3 is 5.69 Å². The second kappa shape index (κ2) is 10.0. The smallest absolute Gasteiger partial charge is 0.329 e. The first kappa shape index (κ1) is 23.4. The summed E-state index contributed by atoms with van der Waals surface area (Å²) in [7, 11) is 1.56. The van der Waals surface area contributed by atoms with Crippen LogP contribution in [-0.4, -0.2) is 27.7 Å². The number of ether oxygens (including phenoxy) is 1. The number of benzene rings is 3. The van der Waals surface area contributed by atoms with E-state index < -0.39 is 23.6 Å². The Labute approximate surface area is 205 Å². The van der Waals surface area contributed by atoms with Crippen LogP contribution in [0.5, 0.6) is 11.6 Å². The number of rotatable bonds is 7. The topological polar surface area (TPSA) is 96.4 Å². The number of aromatic hydroxyl groups is 1.